The van der Waals surface area contributed by atoms with Crippen LogP contribution in [0, 0.1) is 0 Å². The molecule has 0 aliphatic carbocycles. The quantitative estimate of drug-likeness (QED) is 0.154. The van der Waals surface area contributed by atoms with Crippen LogP contribution >= 0.6 is 57.5 Å². The van der Waals surface area contributed by atoms with E-state index in [-0.39, 0.29) is 12.8 Å². The average Bonchev–Trinajstić information content (AvgIpc) is 3.66. The normalized spacial score (nSPS) is 11.1. The van der Waals surface area contributed by atoms with Gasteiger partial charge in [-0.15, -0.1) is 57.5 Å². The summed E-state index contributed by atoms with van der Waals surface area (Å²) in [6.07, 6.45) is 3.97. The summed E-state index contributed by atoms with van der Waals surface area (Å²) in [7, 11) is 0. The van der Waals surface area contributed by atoms with Gasteiger partial charge in [-0.2, -0.15) is 0 Å². The summed E-state index contributed by atoms with van der Waals surface area (Å²) in [4.78, 5) is 31.7. The largest absolute Gasteiger partial charge is 0.481 e. The molecule has 0 fully saturated rings. The first-order valence-electron chi connectivity index (χ1n) is 11.9. The number of carboxylic acid groups (broad SMARTS) is 2. The first kappa shape index (κ1) is 27.7. The third kappa shape index (κ3) is 6.34. The van der Waals surface area contributed by atoms with Gasteiger partial charge in [0, 0.05) is 39.1 Å². The molecule has 0 amide bonds. The van der Waals surface area contributed by atoms with Crippen molar-refractivity contribution in [3.63, 3.8) is 0 Å². The van der Waals surface area contributed by atoms with E-state index in [1.807, 2.05) is 48.9 Å². The molecular formula is C30H24O4S5. The Labute approximate surface area is 247 Å². The lowest BCUT2D eigenvalue weighted by Crippen LogP contribution is -1.99. The number of hydrogen-bond donors (Lipinski definition) is 2. The van der Waals surface area contributed by atoms with Gasteiger partial charge in [0.1, 0.15) is 0 Å². The van der Waals surface area contributed by atoms with Gasteiger partial charge in [0.05, 0.1) is 12.8 Å². The van der Waals surface area contributed by atoms with Gasteiger partial charge in [0.15, 0.2) is 0 Å². The molecule has 0 unspecified atom stereocenters. The molecule has 39 heavy (non-hydrogen) atoms. The Hall–Kier alpha value is -2.82. The fraction of sp³-hybridized carbons (Fsp3) is 0.133. The number of carbonyl (C=O) groups is 2. The maximum Gasteiger partial charge on any atom is 0.307 e. The van der Waals surface area contributed by atoms with Gasteiger partial charge in [-0.05, 0) is 83.3 Å². The average molecular weight is 609 g/mol. The maximum atomic E-state index is 11.7. The first-order chi connectivity index (χ1) is 18.8. The van der Waals surface area contributed by atoms with Crippen LogP contribution < -0.4 is 0 Å². The van der Waals surface area contributed by atoms with Crippen LogP contribution in [-0.4, -0.2) is 34.7 Å². The van der Waals surface area contributed by atoms with Crippen molar-refractivity contribution in [1.82, 2.24) is 0 Å². The predicted octanol–water partition coefficient (Wildman–Crippen LogP) is 9.24. The van der Waals surface area contributed by atoms with Crippen molar-refractivity contribution in [2.24, 2.45) is 0 Å². The lowest BCUT2D eigenvalue weighted by molar-refractivity contribution is -0.137. The molecular weight excluding hydrogens is 585 g/mol. The number of hydrogen-bond acceptors (Lipinski definition) is 7. The highest BCUT2D eigenvalue weighted by atomic mass is 32.2. The van der Waals surface area contributed by atoms with E-state index in [4.69, 9.17) is 0 Å². The molecule has 5 rings (SSSR count). The molecule has 4 nitrogen and oxygen atoms in total. The summed E-state index contributed by atoms with van der Waals surface area (Å²) in [5, 5.41) is 19.2. The summed E-state index contributed by atoms with van der Waals surface area (Å²) in [5.74, 6) is -1.73. The van der Waals surface area contributed by atoms with Crippen LogP contribution in [0.5, 0.6) is 0 Å². The molecule has 0 saturated heterocycles. The highest BCUT2D eigenvalue weighted by molar-refractivity contribution is 7.98. The summed E-state index contributed by atoms with van der Waals surface area (Å²) in [5.41, 5.74) is 3.72. The Morgan fingerprint density at radius 1 is 0.615 bits per heavy atom. The Morgan fingerprint density at radius 3 is 1.44 bits per heavy atom. The van der Waals surface area contributed by atoms with Crippen molar-refractivity contribution in [2.45, 2.75) is 22.6 Å². The van der Waals surface area contributed by atoms with Gasteiger partial charge in [-0.25, -0.2) is 0 Å². The second-order valence-corrected chi connectivity index (χ2v) is 13.6. The van der Waals surface area contributed by atoms with Gasteiger partial charge >= 0.3 is 11.9 Å². The summed E-state index contributed by atoms with van der Waals surface area (Å²) >= 11 is 8.13. The van der Waals surface area contributed by atoms with Crippen LogP contribution in [0.25, 0.3) is 40.4 Å². The lowest BCUT2D eigenvalue weighted by atomic mass is 10.1. The Kier molecular flexibility index (Phi) is 8.64. The first-order valence-corrected chi connectivity index (χ1v) is 16.8. The topological polar surface area (TPSA) is 74.6 Å². The SMILES string of the molecule is CSc1cccc(-c2cc(CC(=O)O)c(-c3ccc(-c4sc(-c5cccc(SC)c5)cc4CC(=O)O)s3)s2)c1. The molecule has 0 saturated carbocycles. The summed E-state index contributed by atoms with van der Waals surface area (Å²) in [6, 6.07) is 24.6. The van der Waals surface area contributed by atoms with E-state index in [1.54, 1.807) is 57.5 Å². The summed E-state index contributed by atoms with van der Waals surface area (Å²) in [6.45, 7) is 0. The number of carboxylic acids is 2. The number of rotatable bonds is 10. The third-order valence-corrected chi connectivity index (χ3v) is 11.4. The van der Waals surface area contributed by atoms with Crippen molar-refractivity contribution in [2.75, 3.05) is 12.5 Å². The third-order valence-electron chi connectivity index (χ3n) is 6.06. The molecule has 9 heteroatoms. The number of thioether (sulfide) groups is 2. The van der Waals surface area contributed by atoms with E-state index in [9.17, 15) is 19.8 Å². The highest BCUT2D eigenvalue weighted by Crippen LogP contribution is 2.47. The molecule has 3 aromatic heterocycles. The molecule has 5 aromatic rings. The van der Waals surface area contributed by atoms with Crippen molar-refractivity contribution in [1.29, 1.82) is 0 Å². The van der Waals surface area contributed by atoms with E-state index in [0.717, 1.165) is 61.3 Å². The zero-order valence-electron chi connectivity index (χ0n) is 21.1. The number of aliphatic carboxylic acids is 2. The maximum absolute atomic E-state index is 11.7. The molecule has 0 atom stereocenters. The fourth-order valence-corrected chi connectivity index (χ4v) is 8.85. The zero-order chi connectivity index (χ0) is 27.5. The molecule has 3 heterocycles. The highest BCUT2D eigenvalue weighted by Gasteiger charge is 2.20. The Bertz CT molecular complexity index is 1540. The Balaban J connectivity index is 1.56. The molecule has 0 radical (unpaired) electrons. The van der Waals surface area contributed by atoms with Crippen LogP contribution in [0.15, 0.2) is 82.6 Å². The van der Waals surface area contributed by atoms with E-state index < -0.39 is 11.9 Å². The van der Waals surface area contributed by atoms with Gasteiger partial charge < -0.3 is 10.2 Å². The Morgan fingerprint density at radius 2 is 1.05 bits per heavy atom. The monoisotopic (exact) mass is 608 g/mol. The number of thiophene rings is 3. The van der Waals surface area contributed by atoms with Crippen molar-refractivity contribution < 1.29 is 19.8 Å². The minimum atomic E-state index is -0.866. The second kappa shape index (κ2) is 12.1. The van der Waals surface area contributed by atoms with Crippen molar-refractivity contribution >= 4 is 69.5 Å². The standard InChI is InChI=1S/C30H24O4S5/c1-35-21-7-3-5-17(11-21)25-13-19(15-27(31)32)29(38-25)23-9-10-24(37-23)30-20(16-28(33)34)14-26(39-30)18-6-4-8-22(12-18)36-2/h3-14H,15-16H2,1-2H3,(H,31,32)(H,33,34). The smallest absolute Gasteiger partial charge is 0.307 e. The van der Waals surface area contributed by atoms with E-state index >= 15 is 0 Å². The van der Waals surface area contributed by atoms with Gasteiger partial charge in [-0.1, -0.05) is 24.3 Å². The summed E-state index contributed by atoms with van der Waals surface area (Å²) < 4.78 is 0. The zero-order valence-corrected chi connectivity index (χ0v) is 25.2. The fourth-order valence-electron chi connectivity index (χ4n) is 4.28. The second-order valence-electron chi connectivity index (χ2n) is 8.70. The van der Waals surface area contributed by atoms with Crippen molar-refractivity contribution in [3.8, 4) is 40.4 Å². The van der Waals surface area contributed by atoms with Crippen LogP contribution in [0.4, 0.5) is 0 Å². The molecule has 0 spiro atoms. The van der Waals surface area contributed by atoms with Crippen LogP contribution in [-0.2, 0) is 22.4 Å². The van der Waals surface area contributed by atoms with Crippen molar-refractivity contribution in [3.05, 3.63) is 83.9 Å². The van der Waals surface area contributed by atoms with Gasteiger partial charge in [0.25, 0.3) is 0 Å². The molecule has 2 N–H and O–H groups in total. The van der Waals surface area contributed by atoms with Gasteiger partial charge in [-0.3, -0.25) is 9.59 Å². The van der Waals surface area contributed by atoms with E-state index in [1.165, 1.54) is 0 Å². The molecule has 0 bridgehead atoms. The molecule has 0 aliphatic heterocycles. The van der Waals surface area contributed by atoms with Crippen LogP contribution in [0.3, 0.4) is 0 Å². The van der Waals surface area contributed by atoms with E-state index in [2.05, 4.69) is 36.4 Å². The predicted molar refractivity (Wildman–Crippen MR) is 168 cm³/mol. The van der Waals surface area contributed by atoms with Crippen LogP contribution in [0.2, 0.25) is 0 Å². The van der Waals surface area contributed by atoms with Gasteiger partial charge in [0.2, 0.25) is 0 Å². The minimum Gasteiger partial charge on any atom is -0.481 e. The lowest BCUT2D eigenvalue weighted by Gasteiger charge is -2.00. The molecule has 198 valence electrons. The molecule has 0 aliphatic rings. The van der Waals surface area contributed by atoms with E-state index in [0.29, 0.717) is 0 Å². The van der Waals surface area contributed by atoms with Crippen LogP contribution in [0.1, 0.15) is 11.1 Å². The number of benzene rings is 2. The molecule has 2 aromatic carbocycles. The minimum absolute atomic E-state index is 0.0551.